The summed E-state index contributed by atoms with van der Waals surface area (Å²) in [6.45, 7) is 1.58. The lowest BCUT2D eigenvalue weighted by Crippen LogP contribution is -2.25. The highest BCUT2D eigenvalue weighted by molar-refractivity contribution is 7.72. The lowest BCUT2D eigenvalue weighted by Gasteiger charge is -2.25. The van der Waals surface area contributed by atoms with Crippen molar-refractivity contribution < 1.29 is 33.8 Å². The van der Waals surface area contributed by atoms with E-state index in [-0.39, 0.29) is 0 Å². The quantitative estimate of drug-likeness (QED) is 0.357. The van der Waals surface area contributed by atoms with Crippen LogP contribution in [0.25, 0.3) is 0 Å². The molecule has 0 bridgehead atoms. The van der Waals surface area contributed by atoms with Gasteiger partial charge in [-0.3, -0.25) is 9.13 Å². The minimum absolute atomic E-state index is 0.383. The Bertz CT molecular complexity index is 338. The summed E-state index contributed by atoms with van der Waals surface area (Å²) in [6.07, 6.45) is 4.04. The van der Waals surface area contributed by atoms with Crippen molar-refractivity contribution in [2.45, 2.75) is 12.0 Å². The third-order valence-corrected chi connectivity index (χ3v) is 5.06. The number of hydrogen-bond acceptors (Lipinski definition) is 3. The molecule has 9 heteroatoms. The highest BCUT2D eigenvalue weighted by atomic mass is 31.2. The van der Waals surface area contributed by atoms with Crippen molar-refractivity contribution in [1.29, 1.82) is 0 Å². The van der Waals surface area contributed by atoms with Gasteiger partial charge in [0.1, 0.15) is 0 Å². The van der Waals surface area contributed by atoms with Gasteiger partial charge in [0, 0.05) is 0 Å². The van der Waals surface area contributed by atoms with Crippen LogP contribution in [0.2, 0.25) is 0 Å². The Hall–Kier alpha value is -0.260. The van der Waals surface area contributed by atoms with E-state index in [9.17, 15) is 14.2 Å². The maximum Gasteiger partial charge on any atom is 0.373 e. The molecule has 0 radical (unpaired) electrons. The van der Waals surface area contributed by atoms with Crippen LogP contribution in [0, 0.1) is 0 Å². The molecule has 0 aromatic carbocycles. The van der Waals surface area contributed by atoms with Crippen molar-refractivity contribution in [3.8, 4) is 0 Å². The van der Waals surface area contributed by atoms with Crippen LogP contribution in [0.4, 0.5) is 0 Å². The first-order valence-corrected chi connectivity index (χ1v) is 6.93. The average Bonchev–Trinajstić information content (AvgIpc) is 2.00. The van der Waals surface area contributed by atoms with Gasteiger partial charge in [0.15, 0.2) is 0 Å². The predicted molar refractivity (Wildman–Crippen MR) is 53.0 cm³/mol. The predicted octanol–water partition coefficient (Wildman–Crippen LogP) is 0.120. The zero-order valence-corrected chi connectivity index (χ0v) is 9.55. The summed E-state index contributed by atoms with van der Waals surface area (Å²) in [6, 6.07) is 0. The summed E-state index contributed by atoms with van der Waals surface area (Å²) in [5, 5.41) is 5.79. The highest BCUT2D eigenvalue weighted by Gasteiger charge is 2.57. The Morgan fingerprint density at radius 1 is 1.00 bits per heavy atom. The van der Waals surface area contributed by atoms with Gasteiger partial charge >= 0.3 is 15.2 Å². The van der Waals surface area contributed by atoms with E-state index in [0.717, 1.165) is 6.08 Å². The Balaban J connectivity index is 5.45. The van der Waals surface area contributed by atoms with Crippen LogP contribution in [0.15, 0.2) is 24.3 Å². The molecule has 0 saturated heterocycles. The van der Waals surface area contributed by atoms with Crippen LogP contribution >= 0.6 is 15.2 Å². The molecule has 0 heterocycles. The second kappa shape index (κ2) is 4.72. The van der Waals surface area contributed by atoms with Gasteiger partial charge in [0.05, 0.1) is 0 Å². The van der Waals surface area contributed by atoms with E-state index in [4.69, 9.17) is 19.6 Å². The van der Waals surface area contributed by atoms with E-state index in [1.165, 1.54) is 12.2 Å². The van der Waals surface area contributed by atoms with Gasteiger partial charge in [-0.25, -0.2) is 0 Å². The van der Waals surface area contributed by atoms with Crippen molar-refractivity contribution in [2.75, 3.05) is 0 Å². The van der Waals surface area contributed by atoms with Crippen LogP contribution < -0.4 is 0 Å². The van der Waals surface area contributed by atoms with Crippen molar-refractivity contribution in [3.63, 3.8) is 0 Å². The van der Waals surface area contributed by atoms with Gasteiger partial charge in [0.2, 0.25) is 0 Å². The molecular weight excluding hydrogens is 246 g/mol. The first-order valence-electron chi connectivity index (χ1n) is 3.70. The number of hydrogen-bond donors (Lipinski definition) is 5. The molecule has 0 unspecified atom stereocenters. The number of allylic oxidation sites excluding steroid dienone is 3. The second-order valence-electron chi connectivity index (χ2n) is 2.66. The fourth-order valence-corrected chi connectivity index (χ4v) is 2.58. The molecule has 0 spiro atoms. The van der Waals surface area contributed by atoms with Gasteiger partial charge < -0.3 is 24.7 Å². The molecule has 0 atom stereocenters. The monoisotopic (exact) mass is 258 g/mol. The van der Waals surface area contributed by atoms with Crippen molar-refractivity contribution in [2.24, 2.45) is 0 Å². The Morgan fingerprint density at radius 2 is 1.40 bits per heavy atom. The molecule has 88 valence electrons. The van der Waals surface area contributed by atoms with Crippen molar-refractivity contribution in [1.82, 2.24) is 0 Å². The third kappa shape index (κ3) is 3.36. The molecule has 0 aromatic rings. The number of rotatable bonds is 4. The fourth-order valence-electron chi connectivity index (χ4n) is 0.660. The van der Waals surface area contributed by atoms with Crippen molar-refractivity contribution >= 4 is 15.2 Å². The van der Waals surface area contributed by atoms with Crippen LogP contribution in [0.5, 0.6) is 0 Å². The Kier molecular flexibility index (Phi) is 4.64. The molecule has 0 saturated carbocycles. The Morgan fingerprint density at radius 3 is 1.67 bits per heavy atom. The largest absolute Gasteiger partial charge is 0.373 e. The van der Waals surface area contributed by atoms with Crippen LogP contribution in [-0.4, -0.2) is 29.8 Å². The van der Waals surface area contributed by atoms with Gasteiger partial charge in [-0.1, -0.05) is 18.2 Å². The molecule has 0 aliphatic rings. The van der Waals surface area contributed by atoms with Crippen LogP contribution in [-0.2, 0) is 9.13 Å². The molecule has 0 aromatic heterocycles. The summed E-state index contributed by atoms with van der Waals surface area (Å²) in [5.74, 6) is 0. The molecule has 0 fully saturated rings. The Labute approximate surface area is 86.1 Å². The van der Waals surface area contributed by atoms with E-state index in [2.05, 4.69) is 0 Å². The van der Waals surface area contributed by atoms with Gasteiger partial charge in [-0.05, 0) is 13.0 Å². The van der Waals surface area contributed by atoms with Gasteiger partial charge in [0.25, 0.3) is 5.08 Å². The zero-order chi connectivity index (χ0) is 12.3. The first-order chi connectivity index (χ1) is 6.56. The first kappa shape index (κ1) is 14.7. The minimum atomic E-state index is -5.38. The average molecular weight is 258 g/mol. The van der Waals surface area contributed by atoms with E-state index < -0.39 is 20.3 Å². The zero-order valence-electron chi connectivity index (χ0n) is 7.76. The maximum absolute atomic E-state index is 10.8. The molecule has 5 N–H and O–H groups in total. The van der Waals surface area contributed by atoms with Crippen LogP contribution in [0.3, 0.4) is 0 Å². The molecular formula is C6H12O7P2. The minimum Gasteiger partial charge on any atom is -0.364 e. The highest BCUT2D eigenvalue weighted by Crippen LogP contribution is 2.68. The van der Waals surface area contributed by atoms with E-state index in [1.54, 1.807) is 6.92 Å². The normalized spacial score (nSPS) is 15.3. The lowest BCUT2D eigenvalue weighted by molar-refractivity contribution is 0.168. The fraction of sp³-hybridized carbons (Fsp3) is 0.333. The summed E-state index contributed by atoms with van der Waals surface area (Å²) in [4.78, 5) is 34.7. The van der Waals surface area contributed by atoms with Gasteiger partial charge in [-0.15, -0.1) is 0 Å². The molecule has 0 rings (SSSR count). The standard InChI is InChI=1S/C6H12O7P2/c1-2-3-4-5-6(7,14(8,9)10)15(11,12)13/h2-5,7H,1H3,(H2,8,9,10)(H2,11,12,13). The maximum atomic E-state index is 10.8. The molecule has 7 nitrogen and oxygen atoms in total. The molecule has 15 heavy (non-hydrogen) atoms. The van der Waals surface area contributed by atoms with Crippen molar-refractivity contribution in [3.05, 3.63) is 24.3 Å². The molecule has 0 aliphatic carbocycles. The van der Waals surface area contributed by atoms with E-state index in [1.807, 2.05) is 0 Å². The summed E-state index contributed by atoms with van der Waals surface area (Å²) >= 11 is 0. The molecule has 0 aliphatic heterocycles. The van der Waals surface area contributed by atoms with E-state index in [0.29, 0.717) is 6.08 Å². The van der Waals surface area contributed by atoms with E-state index >= 15 is 0 Å². The summed E-state index contributed by atoms with van der Waals surface area (Å²) in [5.41, 5.74) is 0. The summed E-state index contributed by atoms with van der Waals surface area (Å²) < 4.78 is 21.5. The van der Waals surface area contributed by atoms with Crippen LogP contribution in [0.1, 0.15) is 6.92 Å². The third-order valence-electron chi connectivity index (χ3n) is 1.48. The van der Waals surface area contributed by atoms with Gasteiger partial charge in [-0.2, -0.15) is 0 Å². The molecule has 0 amide bonds. The lowest BCUT2D eigenvalue weighted by atomic mass is 10.4. The smallest absolute Gasteiger partial charge is 0.364 e. The SMILES string of the molecule is CC=CC=CC(O)(P(=O)(O)O)P(=O)(O)O. The summed E-state index contributed by atoms with van der Waals surface area (Å²) in [7, 11) is -10.8. The number of aliphatic hydroxyl groups is 1. The second-order valence-corrected chi connectivity index (χ2v) is 6.55. The topological polar surface area (TPSA) is 135 Å².